The maximum absolute atomic E-state index is 8.87. The monoisotopic (exact) mass is 333 g/mol. The van der Waals surface area contributed by atoms with Crippen molar-refractivity contribution in [2.24, 2.45) is 0 Å². The van der Waals surface area contributed by atoms with Gasteiger partial charge < -0.3 is 5.32 Å². The zero-order chi connectivity index (χ0) is 17.5. The van der Waals surface area contributed by atoms with Crippen molar-refractivity contribution in [3.63, 3.8) is 0 Å². The van der Waals surface area contributed by atoms with Gasteiger partial charge in [-0.1, -0.05) is 42.8 Å². The summed E-state index contributed by atoms with van der Waals surface area (Å²) in [7, 11) is 0. The number of nitriles is 1. The smallest absolute Gasteiger partial charge is 0.0991 e. The molecule has 3 nitrogen and oxygen atoms in total. The highest BCUT2D eigenvalue weighted by Crippen LogP contribution is 2.20. The van der Waals surface area contributed by atoms with E-state index in [4.69, 9.17) is 5.26 Å². The molecule has 1 N–H and O–H groups in total. The Morgan fingerprint density at radius 1 is 1.04 bits per heavy atom. The van der Waals surface area contributed by atoms with Gasteiger partial charge in [-0.2, -0.15) is 5.26 Å². The lowest BCUT2D eigenvalue weighted by Crippen LogP contribution is -2.37. The average Bonchev–Trinajstić information content (AvgIpc) is 2.65. The van der Waals surface area contributed by atoms with Gasteiger partial charge in [-0.15, -0.1) is 0 Å². The van der Waals surface area contributed by atoms with Crippen molar-refractivity contribution < 1.29 is 0 Å². The molecule has 1 unspecified atom stereocenters. The van der Waals surface area contributed by atoms with Crippen LogP contribution < -0.4 is 5.32 Å². The van der Waals surface area contributed by atoms with Gasteiger partial charge in [-0.3, -0.25) is 4.90 Å². The van der Waals surface area contributed by atoms with Crippen LogP contribution in [0.4, 0.5) is 0 Å². The second-order valence-corrected chi connectivity index (χ2v) is 7.00. The molecule has 0 saturated carbocycles. The number of hydrogen-bond acceptors (Lipinski definition) is 3. The zero-order valence-electron chi connectivity index (χ0n) is 15.0. The third kappa shape index (κ3) is 4.92. The zero-order valence-corrected chi connectivity index (χ0v) is 15.0. The topological polar surface area (TPSA) is 39.1 Å². The van der Waals surface area contributed by atoms with E-state index in [1.807, 2.05) is 24.3 Å². The molecule has 25 heavy (non-hydrogen) atoms. The Balaban J connectivity index is 1.57. The number of piperidine rings is 1. The average molecular weight is 333 g/mol. The lowest BCUT2D eigenvalue weighted by atomic mass is 10.0. The first-order valence-corrected chi connectivity index (χ1v) is 9.27. The second-order valence-electron chi connectivity index (χ2n) is 7.00. The molecule has 1 atom stereocenters. The highest BCUT2D eigenvalue weighted by molar-refractivity contribution is 5.32. The highest BCUT2D eigenvalue weighted by atomic mass is 15.2. The van der Waals surface area contributed by atoms with Crippen LogP contribution in [0, 0.1) is 11.3 Å². The van der Waals surface area contributed by atoms with E-state index in [1.165, 1.54) is 42.5 Å². The quantitative estimate of drug-likeness (QED) is 0.860. The first-order chi connectivity index (χ1) is 12.3. The lowest BCUT2D eigenvalue weighted by molar-refractivity contribution is 0.152. The molecule has 0 bridgehead atoms. The van der Waals surface area contributed by atoms with E-state index in [1.54, 1.807) is 0 Å². The van der Waals surface area contributed by atoms with Crippen LogP contribution in [-0.2, 0) is 19.6 Å². The van der Waals surface area contributed by atoms with E-state index in [-0.39, 0.29) is 0 Å². The van der Waals surface area contributed by atoms with Crippen molar-refractivity contribution in [3.05, 3.63) is 70.8 Å². The normalized spacial score (nSPS) is 18.0. The Bertz CT molecular complexity index is 715. The van der Waals surface area contributed by atoms with Crippen LogP contribution in [0.15, 0.2) is 48.5 Å². The third-order valence-electron chi connectivity index (χ3n) is 5.16. The van der Waals surface area contributed by atoms with Gasteiger partial charge in [0.25, 0.3) is 0 Å². The van der Waals surface area contributed by atoms with Gasteiger partial charge in [0.05, 0.1) is 11.6 Å². The molecular weight excluding hydrogens is 306 g/mol. The van der Waals surface area contributed by atoms with Gasteiger partial charge in [0, 0.05) is 25.7 Å². The minimum Gasteiger partial charge on any atom is -0.309 e. The molecule has 1 fully saturated rings. The van der Waals surface area contributed by atoms with Gasteiger partial charge in [0.2, 0.25) is 0 Å². The van der Waals surface area contributed by atoms with Crippen molar-refractivity contribution in [1.82, 2.24) is 10.2 Å². The Morgan fingerprint density at radius 2 is 1.80 bits per heavy atom. The molecule has 0 aromatic heterocycles. The van der Waals surface area contributed by atoms with E-state index in [0.717, 1.165) is 19.6 Å². The molecule has 1 aliphatic heterocycles. The minimum absolute atomic E-state index is 0.688. The molecule has 3 rings (SSSR count). The number of likely N-dealkylation sites (tertiary alicyclic amines) is 1. The summed E-state index contributed by atoms with van der Waals surface area (Å²) in [6.45, 7) is 6.31. The molecule has 0 spiro atoms. The second kappa shape index (κ2) is 8.80. The summed E-state index contributed by atoms with van der Waals surface area (Å²) in [6.07, 6.45) is 4.01. The first-order valence-electron chi connectivity index (χ1n) is 9.27. The molecule has 130 valence electrons. The van der Waals surface area contributed by atoms with Crippen molar-refractivity contribution in [2.45, 2.75) is 51.9 Å². The van der Waals surface area contributed by atoms with Crippen LogP contribution in [0.1, 0.15) is 48.4 Å². The summed E-state index contributed by atoms with van der Waals surface area (Å²) >= 11 is 0. The molecule has 1 heterocycles. The van der Waals surface area contributed by atoms with Crippen molar-refractivity contribution in [3.8, 4) is 6.07 Å². The molecule has 0 radical (unpaired) electrons. The summed E-state index contributed by atoms with van der Waals surface area (Å²) in [5.41, 5.74) is 4.74. The fourth-order valence-electron chi connectivity index (χ4n) is 3.53. The Morgan fingerprint density at radius 3 is 2.52 bits per heavy atom. The van der Waals surface area contributed by atoms with E-state index >= 15 is 0 Å². The largest absolute Gasteiger partial charge is 0.309 e. The van der Waals surface area contributed by atoms with Gasteiger partial charge in [0.1, 0.15) is 0 Å². The van der Waals surface area contributed by atoms with Crippen LogP contribution >= 0.6 is 0 Å². The maximum Gasteiger partial charge on any atom is 0.0991 e. The van der Waals surface area contributed by atoms with Gasteiger partial charge in [0.15, 0.2) is 0 Å². The Kier molecular flexibility index (Phi) is 6.22. The highest BCUT2D eigenvalue weighted by Gasteiger charge is 2.18. The minimum atomic E-state index is 0.688. The number of rotatable bonds is 6. The van der Waals surface area contributed by atoms with E-state index in [0.29, 0.717) is 11.6 Å². The maximum atomic E-state index is 8.87. The van der Waals surface area contributed by atoms with E-state index < -0.39 is 0 Å². The van der Waals surface area contributed by atoms with Gasteiger partial charge in [-0.25, -0.2) is 0 Å². The SMILES string of the molecule is CC1CCCCN1Cc1ccccc1CNCc1ccc(C#N)cc1. The Hall–Kier alpha value is -2.15. The lowest BCUT2D eigenvalue weighted by Gasteiger charge is -2.33. The van der Waals surface area contributed by atoms with Crippen molar-refractivity contribution in [1.29, 1.82) is 5.26 Å². The van der Waals surface area contributed by atoms with Crippen LogP contribution in [-0.4, -0.2) is 17.5 Å². The third-order valence-corrected chi connectivity index (χ3v) is 5.16. The standard InChI is InChI=1S/C22H27N3/c1-18-6-4-5-13-25(18)17-22-8-3-2-7-21(22)16-24-15-20-11-9-19(14-23)10-12-20/h2-3,7-12,18,24H,4-6,13,15-17H2,1H3. The summed E-state index contributed by atoms with van der Waals surface area (Å²) in [5, 5.41) is 12.4. The predicted molar refractivity (Wildman–Crippen MR) is 102 cm³/mol. The number of nitrogens with one attached hydrogen (secondary N) is 1. The number of nitrogens with zero attached hydrogens (tertiary/aromatic N) is 2. The Labute approximate surface area is 151 Å². The molecular formula is C22H27N3. The molecule has 2 aromatic rings. The fourth-order valence-corrected chi connectivity index (χ4v) is 3.53. The van der Waals surface area contributed by atoms with Crippen molar-refractivity contribution in [2.75, 3.05) is 6.54 Å². The predicted octanol–water partition coefficient (Wildman–Crippen LogP) is 4.22. The van der Waals surface area contributed by atoms with Crippen molar-refractivity contribution >= 4 is 0 Å². The van der Waals surface area contributed by atoms with Crippen LogP contribution in [0.3, 0.4) is 0 Å². The first kappa shape index (κ1) is 17.7. The van der Waals surface area contributed by atoms with Crippen LogP contribution in [0.2, 0.25) is 0 Å². The number of benzene rings is 2. The fraction of sp³-hybridized carbons (Fsp3) is 0.409. The van der Waals surface area contributed by atoms with E-state index in [9.17, 15) is 0 Å². The van der Waals surface area contributed by atoms with Crippen LogP contribution in [0.25, 0.3) is 0 Å². The van der Waals surface area contributed by atoms with Crippen LogP contribution in [0.5, 0.6) is 0 Å². The molecule has 0 amide bonds. The summed E-state index contributed by atoms with van der Waals surface area (Å²) in [5.74, 6) is 0. The van der Waals surface area contributed by atoms with E-state index in [2.05, 4.69) is 47.5 Å². The number of hydrogen-bond donors (Lipinski definition) is 1. The summed E-state index contributed by atoms with van der Waals surface area (Å²) in [4.78, 5) is 2.61. The molecule has 3 heteroatoms. The van der Waals surface area contributed by atoms with Gasteiger partial charge in [-0.05, 0) is 55.1 Å². The molecule has 1 saturated heterocycles. The molecule has 1 aliphatic rings. The molecule has 0 aliphatic carbocycles. The summed E-state index contributed by atoms with van der Waals surface area (Å²) < 4.78 is 0. The molecule has 2 aromatic carbocycles. The summed E-state index contributed by atoms with van der Waals surface area (Å²) in [6, 6.07) is 19.4. The van der Waals surface area contributed by atoms with Gasteiger partial charge >= 0.3 is 0 Å².